The van der Waals surface area contributed by atoms with Gasteiger partial charge in [-0.05, 0) is 39.0 Å². The summed E-state index contributed by atoms with van der Waals surface area (Å²) in [5, 5.41) is 6.88. The second-order valence-electron chi connectivity index (χ2n) is 5.10. The fourth-order valence-corrected chi connectivity index (χ4v) is 2.33. The Hall–Kier alpha value is -1.22. The normalized spacial score (nSPS) is 20.7. The van der Waals surface area contributed by atoms with Crippen LogP contribution >= 0.6 is 0 Å². The van der Waals surface area contributed by atoms with Crippen LogP contribution in [0.3, 0.4) is 0 Å². The van der Waals surface area contributed by atoms with Crippen LogP contribution in [0.15, 0.2) is 24.3 Å². The highest BCUT2D eigenvalue weighted by Gasteiger charge is 2.18. The number of nitrogens with zero attached hydrogens (tertiary/aromatic N) is 1. The van der Waals surface area contributed by atoms with E-state index >= 15 is 0 Å². The molecule has 3 heteroatoms. The van der Waals surface area contributed by atoms with Crippen LogP contribution in [-0.4, -0.2) is 31.7 Å². The molecule has 1 saturated heterocycles. The summed E-state index contributed by atoms with van der Waals surface area (Å²) in [4.78, 5) is 2.47. The second kappa shape index (κ2) is 5.41. The fraction of sp³-hybridized carbons (Fsp3) is 0.571. The van der Waals surface area contributed by atoms with Crippen molar-refractivity contribution in [3.63, 3.8) is 0 Å². The molecule has 1 fully saturated rings. The molecule has 1 atom stereocenters. The third kappa shape index (κ3) is 3.13. The average molecular weight is 233 g/mol. The molecule has 0 bridgehead atoms. The average Bonchev–Trinajstić information content (AvgIpc) is 2.29. The Bertz CT molecular complexity index is 362. The van der Waals surface area contributed by atoms with Crippen molar-refractivity contribution in [3.8, 4) is 0 Å². The highest BCUT2D eigenvalue weighted by Crippen LogP contribution is 2.22. The standard InChI is InChI=1S/C14H23N3/c1-11(2)16-13-5-4-6-14(9-13)17-8-7-15-10-12(17)3/h4-6,9,11-12,15-16H,7-8,10H2,1-3H3/t12-/m1/s1. The van der Waals surface area contributed by atoms with Gasteiger partial charge in [0.15, 0.2) is 0 Å². The summed E-state index contributed by atoms with van der Waals surface area (Å²) < 4.78 is 0. The predicted octanol–water partition coefficient (Wildman–Crippen LogP) is 2.30. The lowest BCUT2D eigenvalue weighted by Crippen LogP contribution is -2.49. The summed E-state index contributed by atoms with van der Waals surface area (Å²) in [6, 6.07) is 9.77. The minimum absolute atomic E-state index is 0.477. The third-order valence-electron chi connectivity index (χ3n) is 3.13. The van der Waals surface area contributed by atoms with Gasteiger partial charge in [0.25, 0.3) is 0 Å². The molecule has 17 heavy (non-hydrogen) atoms. The number of piperazine rings is 1. The van der Waals surface area contributed by atoms with E-state index < -0.39 is 0 Å². The van der Waals surface area contributed by atoms with Gasteiger partial charge in [0.1, 0.15) is 0 Å². The van der Waals surface area contributed by atoms with Gasteiger partial charge in [-0.3, -0.25) is 0 Å². The Kier molecular flexibility index (Phi) is 3.89. The Morgan fingerprint density at radius 3 is 2.94 bits per heavy atom. The first-order chi connectivity index (χ1) is 8.16. The molecular formula is C14H23N3. The van der Waals surface area contributed by atoms with E-state index in [1.807, 2.05) is 0 Å². The molecule has 94 valence electrons. The summed E-state index contributed by atoms with van der Waals surface area (Å²) in [5.74, 6) is 0. The van der Waals surface area contributed by atoms with E-state index in [9.17, 15) is 0 Å². The molecule has 0 aromatic heterocycles. The maximum Gasteiger partial charge on any atom is 0.0390 e. The highest BCUT2D eigenvalue weighted by molar-refractivity contribution is 5.59. The lowest BCUT2D eigenvalue weighted by Gasteiger charge is -2.36. The molecule has 3 nitrogen and oxygen atoms in total. The van der Waals surface area contributed by atoms with E-state index in [1.54, 1.807) is 0 Å². The Balaban J connectivity index is 2.14. The highest BCUT2D eigenvalue weighted by atomic mass is 15.2. The number of hydrogen-bond acceptors (Lipinski definition) is 3. The van der Waals surface area contributed by atoms with E-state index in [0.29, 0.717) is 12.1 Å². The van der Waals surface area contributed by atoms with Crippen LogP contribution < -0.4 is 15.5 Å². The smallest absolute Gasteiger partial charge is 0.0390 e. The van der Waals surface area contributed by atoms with Crippen molar-refractivity contribution in [3.05, 3.63) is 24.3 Å². The van der Waals surface area contributed by atoms with Crippen LogP contribution in [0.4, 0.5) is 11.4 Å². The van der Waals surface area contributed by atoms with Crippen molar-refractivity contribution >= 4 is 11.4 Å². The van der Waals surface area contributed by atoms with Gasteiger partial charge in [-0.2, -0.15) is 0 Å². The first-order valence-corrected chi connectivity index (χ1v) is 6.51. The van der Waals surface area contributed by atoms with Crippen LogP contribution in [-0.2, 0) is 0 Å². The Labute approximate surface area is 104 Å². The fourth-order valence-electron chi connectivity index (χ4n) is 2.33. The predicted molar refractivity (Wildman–Crippen MR) is 74.9 cm³/mol. The molecule has 2 N–H and O–H groups in total. The first kappa shape index (κ1) is 12.2. The molecular weight excluding hydrogens is 210 g/mol. The molecule has 1 aromatic carbocycles. The number of hydrogen-bond donors (Lipinski definition) is 2. The van der Waals surface area contributed by atoms with Crippen molar-refractivity contribution < 1.29 is 0 Å². The van der Waals surface area contributed by atoms with Crippen LogP contribution in [0, 0.1) is 0 Å². The summed E-state index contributed by atoms with van der Waals surface area (Å²) in [7, 11) is 0. The quantitative estimate of drug-likeness (QED) is 0.839. The van der Waals surface area contributed by atoms with Crippen molar-refractivity contribution in [2.24, 2.45) is 0 Å². The lowest BCUT2D eigenvalue weighted by molar-refractivity contribution is 0.501. The molecule has 0 saturated carbocycles. The van der Waals surface area contributed by atoms with Crippen molar-refractivity contribution in [2.45, 2.75) is 32.9 Å². The molecule has 0 amide bonds. The third-order valence-corrected chi connectivity index (χ3v) is 3.13. The van der Waals surface area contributed by atoms with Crippen LogP contribution in [0.25, 0.3) is 0 Å². The molecule has 0 radical (unpaired) electrons. The minimum atomic E-state index is 0.477. The van der Waals surface area contributed by atoms with Crippen molar-refractivity contribution in [1.82, 2.24) is 5.32 Å². The lowest BCUT2D eigenvalue weighted by atomic mass is 10.1. The first-order valence-electron chi connectivity index (χ1n) is 6.51. The molecule has 1 heterocycles. The van der Waals surface area contributed by atoms with Crippen LogP contribution in [0.2, 0.25) is 0 Å². The zero-order valence-electron chi connectivity index (χ0n) is 11.0. The van der Waals surface area contributed by atoms with Gasteiger partial charge in [0, 0.05) is 43.1 Å². The van der Waals surface area contributed by atoms with Gasteiger partial charge < -0.3 is 15.5 Å². The van der Waals surface area contributed by atoms with Crippen LogP contribution in [0.5, 0.6) is 0 Å². The Morgan fingerprint density at radius 1 is 1.41 bits per heavy atom. The summed E-state index contributed by atoms with van der Waals surface area (Å²) >= 11 is 0. The molecule has 0 spiro atoms. The second-order valence-corrected chi connectivity index (χ2v) is 5.10. The molecule has 0 aliphatic carbocycles. The van der Waals surface area contributed by atoms with Gasteiger partial charge in [-0.15, -0.1) is 0 Å². The van der Waals surface area contributed by atoms with Crippen molar-refractivity contribution in [1.29, 1.82) is 0 Å². The van der Waals surface area contributed by atoms with E-state index in [1.165, 1.54) is 11.4 Å². The van der Waals surface area contributed by atoms with Crippen LogP contribution in [0.1, 0.15) is 20.8 Å². The van der Waals surface area contributed by atoms with Gasteiger partial charge in [0.05, 0.1) is 0 Å². The van der Waals surface area contributed by atoms with Gasteiger partial charge in [0.2, 0.25) is 0 Å². The van der Waals surface area contributed by atoms with Crippen molar-refractivity contribution in [2.75, 3.05) is 29.9 Å². The number of benzene rings is 1. The van der Waals surface area contributed by atoms with Gasteiger partial charge >= 0.3 is 0 Å². The SMILES string of the molecule is CC(C)Nc1cccc(N2CCNC[C@H]2C)c1. The number of anilines is 2. The van der Waals surface area contributed by atoms with E-state index in [-0.39, 0.29) is 0 Å². The van der Waals surface area contributed by atoms with E-state index in [0.717, 1.165) is 19.6 Å². The molecule has 0 unspecified atom stereocenters. The summed E-state index contributed by atoms with van der Waals surface area (Å²) in [6.07, 6.45) is 0. The molecule has 2 rings (SSSR count). The Morgan fingerprint density at radius 2 is 2.24 bits per heavy atom. The molecule has 1 aliphatic rings. The zero-order chi connectivity index (χ0) is 12.3. The molecule has 1 aliphatic heterocycles. The molecule has 1 aromatic rings. The van der Waals surface area contributed by atoms with Gasteiger partial charge in [-0.25, -0.2) is 0 Å². The minimum Gasteiger partial charge on any atom is -0.383 e. The summed E-state index contributed by atoms with van der Waals surface area (Å²) in [5.41, 5.74) is 2.54. The number of rotatable bonds is 3. The van der Waals surface area contributed by atoms with E-state index in [4.69, 9.17) is 0 Å². The summed E-state index contributed by atoms with van der Waals surface area (Å²) in [6.45, 7) is 9.84. The maximum absolute atomic E-state index is 3.46. The maximum atomic E-state index is 3.46. The zero-order valence-corrected chi connectivity index (χ0v) is 11.0. The van der Waals surface area contributed by atoms with Gasteiger partial charge in [-0.1, -0.05) is 6.07 Å². The number of nitrogens with one attached hydrogen (secondary N) is 2. The monoisotopic (exact) mass is 233 g/mol. The van der Waals surface area contributed by atoms with E-state index in [2.05, 4.69) is 60.6 Å². The largest absolute Gasteiger partial charge is 0.383 e. The topological polar surface area (TPSA) is 27.3 Å².